The summed E-state index contributed by atoms with van der Waals surface area (Å²) >= 11 is 0. The molecular formula is C28H39F2N3O5. The number of aliphatic hydroxyl groups excluding tert-OH is 3. The van der Waals surface area contributed by atoms with Gasteiger partial charge in [-0.15, -0.1) is 0 Å². The Labute approximate surface area is 222 Å². The maximum atomic E-state index is 13.8. The van der Waals surface area contributed by atoms with Gasteiger partial charge in [-0.05, 0) is 67.6 Å². The molecule has 0 radical (unpaired) electrons. The number of nitrogens with zero attached hydrogens (tertiary/aromatic N) is 1. The van der Waals surface area contributed by atoms with E-state index in [1.807, 2.05) is 13.8 Å². The molecule has 0 bridgehead atoms. The summed E-state index contributed by atoms with van der Waals surface area (Å²) < 4.78 is 27.6. The van der Waals surface area contributed by atoms with Crippen molar-refractivity contribution >= 4 is 11.8 Å². The van der Waals surface area contributed by atoms with Crippen molar-refractivity contribution in [2.45, 2.75) is 58.2 Å². The Balaban J connectivity index is 2.31. The average Bonchev–Trinajstić information content (AvgIpc) is 2.87. The summed E-state index contributed by atoms with van der Waals surface area (Å²) in [5.41, 5.74) is 1.51. The lowest BCUT2D eigenvalue weighted by atomic mass is 9.99. The van der Waals surface area contributed by atoms with Gasteiger partial charge in [0.1, 0.15) is 11.6 Å². The Bertz CT molecular complexity index is 1040. The van der Waals surface area contributed by atoms with Crippen molar-refractivity contribution in [3.05, 3.63) is 70.3 Å². The molecule has 2 rings (SSSR count). The molecule has 0 saturated carbocycles. The van der Waals surface area contributed by atoms with Crippen LogP contribution in [-0.2, 0) is 6.42 Å². The largest absolute Gasteiger partial charge is 0.395 e. The highest BCUT2D eigenvalue weighted by atomic mass is 19.1. The molecule has 0 unspecified atom stereocenters. The van der Waals surface area contributed by atoms with Gasteiger partial charge in [0.15, 0.2) is 0 Å². The number of aliphatic hydroxyl groups is 3. The zero-order chi connectivity index (χ0) is 28.2. The Kier molecular flexibility index (Phi) is 12.8. The predicted molar refractivity (Wildman–Crippen MR) is 141 cm³/mol. The highest BCUT2D eigenvalue weighted by Gasteiger charge is 2.25. The molecule has 8 nitrogen and oxygen atoms in total. The van der Waals surface area contributed by atoms with Crippen molar-refractivity contribution in [3.63, 3.8) is 0 Å². The first-order valence-electron chi connectivity index (χ1n) is 12.9. The molecule has 10 heteroatoms. The number of halogens is 2. The van der Waals surface area contributed by atoms with Gasteiger partial charge in [0.25, 0.3) is 11.8 Å². The van der Waals surface area contributed by atoms with E-state index < -0.39 is 35.7 Å². The average molecular weight is 536 g/mol. The molecule has 0 aliphatic heterocycles. The topological polar surface area (TPSA) is 122 Å². The van der Waals surface area contributed by atoms with Gasteiger partial charge in [-0.3, -0.25) is 9.59 Å². The first-order chi connectivity index (χ1) is 18.1. The molecule has 0 spiro atoms. The van der Waals surface area contributed by atoms with Crippen molar-refractivity contribution in [1.82, 2.24) is 15.5 Å². The van der Waals surface area contributed by atoms with Gasteiger partial charge in [-0.1, -0.05) is 13.8 Å². The Morgan fingerprint density at radius 1 is 0.921 bits per heavy atom. The van der Waals surface area contributed by atoms with Crippen molar-refractivity contribution in [2.24, 2.45) is 0 Å². The highest BCUT2D eigenvalue weighted by molar-refractivity contribution is 6.00. The van der Waals surface area contributed by atoms with E-state index in [2.05, 4.69) is 10.6 Å². The predicted octanol–water partition coefficient (Wildman–Crippen LogP) is 2.18. The third-order valence-electron chi connectivity index (χ3n) is 6.08. The van der Waals surface area contributed by atoms with Crippen LogP contribution in [0.15, 0.2) is 36.4 Å². The second kappa shape index (κ2) is 15.5. The number of carbonyl (C=O) groups excluding carboxylic acids is 2. The number of carbonyl (C=O) groups is 2. The lowest BCUT2D eigenvalue weighted by Gasteiger charge is -2.26. The number of benzene rings is 2. The number of nitrogens with one attached hydrogen (secondary N) is 2. The molecule has 0 aromatic heterocycles. The number of hydrogen-bond acceptors (Lipinski definition) is 6. The van der Waals surface area contributed by atoms with Gasteiger partial charge in [0.05, 0.1) is 31.4 Å². The van der Waals surface area contributed by atoms with Crippen LogP contribution < -0.4 is 10.6 Å². The van der Waals surface area contributed by atoms with Crippen LogP contribution in [-0.4, -0.2) is 83.1 Å². The summed E-state index contributed by atoms with van der Waals surface area (Å²) in [5, 5.41) is 34.9. The molecule has 0 heterocycles. The van der Waals surface area contributed by atoms with Gasteiger partial charge < -0.3 is 30.9 Å². The normalized spacial score (nSPS) is 12.9. The van der Waals surface area contributed by atoms with Crippen LogP contribution >= 0.6 is 0 Å². The summed E-state index contributed by atoms with van der Waals surface area (Å²) in [4.78, 5) is 28.2. The SMILES string of the molecule is CCCN(CCC)C(=O)c1cc(C)cc(C(=O)N[C@@H](Cc2cc(F)cc(F)c2)[C@H](O)CNC(CO)CO)c1. The molecule has 2 aromatic rings. The molecule has 0 fully saturated rings. The highest BCUT2D eigenvalue weighted by Crippen LogP contribution is 2.16. The third kappa shape index (κ3) is 9.43. The monoisotopic (exact) mass is 535 g/mol. The number of hydrogen-bond donors (Lipinski definition) is 5. The van der Waals surface area contributed by atoms with E-state index in [1.54, 1.807) is 24.0 Å². The maximum Gasteiger partial charge on any atom is 0.253 e. The van der Waals surface area contributed by atoms with E-state index in [0.717, 1.165) is 31.0 Å². The van der Waals surface area contributed by atoms with Gasteiger partial charge in [-0.2, -0.15) is 0 Å². The molecule has 0 aliphatic rings. The summed E-state index contributed by atoms with van der Waals surface area (Å²) in [7, 11) is 0. The smallest absolute Gasteiger partial charge is 0.253 e. The minimum absolute atomic E-state index is 0.0927. The van der Waals surface area contributed by atoms with E-state index in [4.69, 9.17) is 0 Å². The second-order valence-corrected chi connectivity index (χ2v) is 9.48. The van der Waals surface area contributed by atoms with Gasteiger partial charge in [0.2, 0.25) is 0 Å². The Hall–Kier alpha value is -2.92. The zero-order valence-electron chi connectivity index (χ0n) is 22.2. The standard InChI is InChI=1S/C28H39F2N3O5/c1-4-6-33(7-5-2)28(38)21-9-18(3)8-20(13-21)27(37)32-25(26(36)15-31-24(16-34)17-35)12-19-10-22(29)14-23(30)11-19/h8-11,13-14,24-26,31,34-36H,4-7,12,15-17H2,1-3H3,(H,32,37)/t25-,26+/m0/s1. The summed E-state index contributed by atoms with van der Waals surface area (Å²) in [5.74, 6) is -2.32. The summed E-state index contributed by atoms with van der Waals surface area (Å²) in [6.45, 7) is 6.07. The van der Waals surface area contributed by atoms with Crippen LogP contribution in [0.5, 0.6) is 0 Å². The molecular weight excluding hydrogens is 496 g/mol. The Morgan fingerprint density at radius 2 is 1.50 bits per heavy atom. The maximum absolute atomic E-state index is 13.8. The van der Waals surface area contributed by atoms with Crippen LogP contribution in [0.1, 0.15) is 58.5 Å². The molecule has 2 aromatic carbocycles. The van der Waals surface area contributed by atoms with Crippen LogP contribution in [0.25, 0.3) is 0 Å². The zero-order valence-corrected chi connectivity index (χ0v) is 22.2. The third-order valence-corrected chi connectivity index (χ3v) is 6.08. The van der Waals surface area contributed by atoms with E-state index in [-0.39, 0.29) is 43.2 Å². The fourth-order valence-electron chi connectivity index (χ4n) is 4.21. The van der Waals surface area contributed by atoms with Crippen molar-refractivity contribution in [2.75, 3.05) is 32.8 Å². The number of amides is 2. The van der Waals surface area contributed by atoms with Crippen molar-refractivity contribution in [1.29, 1.82) is 0 Å². The molecule has 0 saturated heterocycles. The molecule has 38 heavy (non-hydrogen) atoms. The first-order valence-corrected chi connectivity index (χ1v) is 12.9. The fourth-order valence-corrected chi connectivity index (χ4v) is 4.21. The van der Waals surface area contributed by atoms with Crippen LogP contribution in [0.2, 0.25) is 0 Å². The van der Waals surface area contributed by atoms with Gasteiger partial charge in [-0.25, -0.2) is 8.78 Å². The first kappa shape index (κ1) is 31.3. The molecule has 2 amide bonds. The van der Waals surface area contributed by atoms with E-state index in [1.165, 1.54) is 6.07 Å². The second-order valence-electron chi connectivity index (χ2n) is 9.48. The van der Waals surface area contributed by atoms with Crippen LogP contribution in [0, 0.1) is 18.6 Å². The van der Waals surface area contributed by atoms with Crippen molar-refractivity contribution in [3.8, 4) is 0 Å². The lowest BCUT2D eigenvalue weighted by molar-refractivity contribution is 0.0755. The summed E-state index contributed by atoms with van der Waals surface area (Å²) in [6.07, 6.45) is 0.269. The van der Waals surface area contributed by atoms with Gasteiger partial charge in [0, 0.05) is 36.8 Å². The quantitative estimate of drug-likeness (QED) is 0.238. The fraction of sp³-hybridized carbons (Fsp3) is 0.500. The summed E-state index contributed by atoms with van der Waals surface area (Å²) in [6, 6.07) is 6.13. The van der Waals surface area contributed by atoms with Crippen LogP contribution in [0.4, 0.5) is 8.78 Å². The van der Waals surface area contributed by atoms with Crippen molar-refractivity contribution < 1.29 is 33.7 Å². The molecule has 210 valence electrons. The minimum atomic E-state index is -1.23. The molecule has 0 aliphatic carbocycles. The minimum Gasteiger partial charge on any atom is -0.395 e. The van der Waals surface area contributed by atoms with Crippen LogP contribution in [0.3, 0.4) is 0 Å². The lowest BCUT2D eigenvalue weighted by Crippen LogP contribution is -2.51. The molecule has 5 N–H and O–H groups in total. The van der Waals surface area contributed by atoms with E-state index in [0.29, 0.717) is 24.2 Å². The Morgan fingerprint density at radius 3 is 2.05 bits per heavy atom. The number of rotatable bonds is 15. The molecule has 2 atom stereocenters. The van der Waals surface area contributed by atoms with Gasteiger partial charge >= 0.3 is 0 Å². The van der Waals surface area contributed by atoms with E-state index in [9.17, 15) is 33.7 Å². The number of aryl methyl sites for hydroxylation is 1. The van der Waals surface area contributed by atoms with E-state index >= 15 is 0 Å².